The third kappa shape index (κ3) is 3.35. The number of halogens is 2. The van der Waals surface area contributed by atoms with E-state index in [1.54, 1.807) is 23.5 Å². The normalized spacial score (nSPS) is 12.7. The van der Waals surface area contributed by atoms with Crippen LogP contribution in [0.5, 0.6) is 0 Å². The highest BCUT2D eigenvalue weighted by molar-refractivity contribution is 7.12. The molecule has 0 fully saturated rings. The summed E-state index contributed by atoms with van der Waals surface area (Å²) in [4.78, 5) is 2.54. The van der Waals surface area contributed by atoms with Gasteiger partial charge in [-0.3, -0.25) is 0 Å². The molecule has 0 bridgehead atoms. The van der Waals surface area contributed by atoms with Crippen molar-refractivity contribution in [1.82, 2.24) is 5.32 Å². The van der Waals surface area contributed by atoms with Crippen molar-refractivity contribution < 1.29 is 4.39 Å². The topological polar surface area (TPSA) is 12.0 Å². The van der Waals surface area contributed by atoms with Gasteiger partial charge >= 0.3 is 0 Å². The van der Waals surface area contributed by atoms with Gasteiger partial charge in [0.25, 0.3) is 0 Å². The Kier molecular flexibility index (Phi) is 4.61. The van der Waals surface area contributed by atoms with Crippen LogP contribution in [0.1, 0.15) is 26.9 Å². The Labute approximate surface area is 122 Å². The van der Waals surface area contributed by atoms with Gasteiger partial charge in [-0.2, -0.15) is 0 Å². The van der Waals surface area contributed by atoms with Crippen molar-refractivity contribution in [3.63, 3.8) is 0 Å². The molecule has 0 aliphatic rings. The molecular formula is C15H17ClFNS. The summed E-state index contributed by atoms with van der Waals surface area (Å²) in [5.74, 6) is -0.199. The lowest BCUT2D eigenvalue weighted by atomic mass is 10.0. The van der Waals surface area contributed by atoms with E-state index < -0.39 is 0 Å². The predicted molar refractivity (Wildman–Crippen MR) is 80.7 cm³/mol. The smallest absolute Gasteiger partial charge is 0.126 e. The van der Waals surface area contributed by atoms with Crippen molar-refractivity contribution in [2.75, 3.05) is 7.05 Å². The minimum atomic E-state index is -0.199. The number of likely N-dealkylation sites (N-methyl/N-ethyl adjacent to an activating group) is 1. The van der Waals surface area contributed by atoms with Crippen LogP contribution >= 0.6 is 22.9 Å². The molecule has 0 aliphatic carbocycles. The van der Waals surface area contributed by atoms with Gasteiger partial charge in [0, 0.05) is 20.8 Å². The number of benzene rings is 1. The van der Waals surface area contributed by atoms with Crippen molar-refractivity contribution in [2.24, 2.45) is 0 Å². The molecule has 1 N–H and O–H groups in total. The predicted octanol–water partition coefficient (Wildman–Crippen LogP) is 4.66. The summed E-state index contributed by atoms with van der Waals surface area (Å²) in [7, 11) is 1.90. The van der Waals surface area contributed by atoms with Gasteiger partial charge in [-0.1, -0.05) is 11.6 Å². The molecule has 0 saturated carbocycles. The lowest BCUT2D eigenvalue weighted by Gasteiger charge is -2.15. The average Bonchev–Trinajstić information content (AvgIpc) is 2.70. The van der Waals surface area contributed by atoms with Crippen molar-refractivity contribution in [3.05, 3.63) is 56.0 Å². The molecule has 1 unspecified atom stereocenters. The molecule has 19 heavy (non-hydrogen) atoms. The zero-order valence-corrected chi connectivity index (χ0v) is 12.8. The molecular weight excluding hydrogens is 281 g/mol. The maximum atomic E-state index is 13.8. The first-order valence-corrected chi connectivity index (χ1v) is 7.39. The van der Waals surface area contributed by atoms with Crippen molar-refractivity contribution in [1.29, 1.82) is 0 Å². The van der Waals surface area contributed by atoms with E-state index in [9.17, 15) is 4.39 Å². The van der Waals surface area contributed by atoms with Crippen LogP contribution in [0.4, 0.5) is 4.39 Å². The molecule has 2 rings (SSSR count). The fourth-order valence-electron chi connectivity index (χ4n) is 2.04. The maximum Gasteiger partial charge on any atom is 0.126 e. The molecule has 2 aromatic rings. The number of hydrogen-bond donors (Lipinski definition) is 1. The molecule has 102 valence electrons. The molecule has 0 spiro atoms. The number of nitrogens with one attached hydrogen (secondary N) is 1. The first-order valence-electron chi connectivity index (χ1n) is 6.19. The van der Waals surface area contributed by atoms with E-state index in [2.05, 4.69) is 25.2 Å². The number of rotatable bonds is 4. The Morgan fingerprint density at radius 2 is 2.05 bits per heavy atom. The standard InChI is InChI=1S/C15H17ClFNS/c1-9-6-15(19-10(9)2)14(18-3)8-11-7-12(16)4-5-13(11)17/h4-7,14,18H,8H2,1-3H3. The van der Waals surface area contributed by atoms with E-state index in [0.717, 1.165) is 0 Å². The summed E-state index contributed by atoms with van der Waals surface area (Å²) < 4.78 is 13.8. The van der Waals surface area contributed by atoms with E-state index in [1.165, 1.54) is 21.4 Å². The first kappa shape index (κ1) is 14.5. The Morgan fingerprint density at radius 3 is 2.63 bits per heavy atom. The molecule has 0 amide bonds. The van der Waals surface area contributed by atoms with E-state index in [4.69, 9.17) is 11.6 Å². The molecule has 1 atom stereocenters. The second-order valence-corrected chi connectivity index (χ2v) is 6.39. The third-order valence-electron chi connectivity index (χ3n) is 3.31. The zero-order valence-electron chi connectivity index (χ0n) is 11.3. The van der Waals surface area contributed by atoms with Gasteiger partial charge in [0.05, 0.1) is 0 Å². The Bertz CT molecular complexity index is 560. The Morgan fingerprint density at radius 1 is 1.32 bits per heavy atom. The third-order valence-corrected chi connectivity index (χ3v) is 4.81. The highest BCUT2D eigenvalue weighted by Gasteiger charge is 2.16. The summed E-state index contributed by atoms with van der Waals surface area (Å²) in [5.41, 5.74) is 1.93. The lowest BCUT2D eigenvalue weighted by molar-refractivity contribution is 0.560. The molecule has 0 aliphatic heterocycles. The van der Waals surface area contributed by atoms with E-state index in [1.807, 2.05) is 7.05 Å². The number of aryl methyl sites for hydroxylation is 2. The van der Waals surface area contributed by atoms with Gasteiger partial charge in [-0.25, -0.2) is 4.39 Å². The summed E-state index contributed by atoms with van der Waals surface area (Å²) >= 11 is 7.69. The fraction of sp³-hybridized carbons (Fsp3) is 0.333. The van der Waals surface area contributed by atoms with Crippen LogP contribution < -0.4 is 5.32 Å². The summed E-state index contributed by atoms with van der Waals surface area (Å²) in [6, 6.07) is 6.99. The Hall–Kier alpha value is -0.900. The van der Waals surface area contributed by atoms with E-state index in [0.29, 0.717) is 17.0 Å². The monoisotopic (exact) mass is 297 g/mol. The summed E-state index contributed by atoms with van der Waals surface area (Å²) in [6.07, 6.45) is 0.599. The highest BCUT2D eigenvalue weighted by Crippen LogP contribution is 2.29. The molecule has 0 radical (unpaired) electrons. The van der Waals surface area contributed by atoms with Gasteiger partial charge in [-0.15, -0.1) is 11.3 Å². The van der Waals surface area contributed by atoms with Crippen molar-refractivity contribution >= 4 is 22.9 Å². The largest absolute Gasteiger partial charge is 0.312 e. The molecule has 0 saturated heterocycles. The van der Waals surface area contributed by atoms with Crippen LogP contribution in [0.15, 0.2) is 24.3 Å². The van der Waals surface area contributed by atoms with E-state index in [-0.39, 0.29) is 11.9 Å². The minimum absolute atomic E-state index is 0.116. The summed E-state index contributed by atoms with van der Waals surface area (Å²) in [5, 5.41) is 3.83. The quantitative estimate of drug-likeness (QED) is 0.865. The van der Waals surface area contributed by atoms with Crippen molar-refractivity contribution in [3.8, 4) is 0 Å². The highest BCUT2D eigenvalue weighted by atomic mass is 35.5. The van der Waals surface area contributed by atoms with E-state index >= 15 is 0 Å². The number of thiophene rings is 1. The van der Waals surface area contributed by atoms with Crippen LogP contribution in [-0.4, -0.2) is 7.05 Å². The van der Waals surface area contributed by atoms with Gasteiger partial charge in [-0.05, 0) is 62.7 Å². The van der Waals surface area contributed by atoms with Crippen molar-refractivity contribution in [2.45, 2.75) is 26.3 Å². The minimum Gasteiger partial charge on any atom is -0.312 e. The van der Waals surface area contributed by atoms with Gasteiger partial charge in [0.1, 0.15) is 5.82 Å². The maximum absolute atomic E-state index is 13.8. The summed E-state index contributed by atoms with van der Waals surface area (Å²) in [6.45, 7) is 4.21. The van der Waals surface area contributed by atoms with Crippen LogP contribution in [0.25, 0.3) is 0 Å². The van der Waals surface area contributed by atoms with Crippen LogP contribution in [0.2, 0.25) is 5.02 Å². The lowest BCUT2D eigenvalue weighted by Crippen LogP contribution is -2.18. The van der Waals surface area contributed by atoms with Gasteiger partial charge in [0.15, 0.2) is 0 Å². The fourth-order valence-corrected chi connectivity index (χ4v) is 3.39. The molecule has 1 aromatic carbocycles. The van der Waals surface area contributed by atoms with Crippen LogP contribution in [0, 0.1) is 19.7 Å². The molecule has 4 heteroatoms. The SMILES string of the molecule is CNC(Cc1cc(Cl)ccc1F)c1cc(C)c(C)s1. The second-order valence-electron chi connectivity index (χ2n) is 4.67. The average molecular weight is 298 g/mol. The van der Waals surface area contributed by atoms with Gasteiger partial charge in [0.2, 0.25) is 0 Å². The zero-order chi connectivity index (χ0) is 14.0. The molecule has 1 nitrogen and oxygen atoms in total. The van der Waals surface area contributed by atoms with Gasteiger partial charge < -0.3 is 5.32 Å². The second kappa shape index (κ2) is 6.04. The molecule has 1 heterocycles. The Balaban J connectivity index is 2.26. The molecule has 1 aromatic heterocycles. The van der Waals surface area contributed by atoms with Crippen LogP contribution in [0.3, 0.4) is 0 Å². The first-order chi connectivity index (χ1) is 9.01. The number of hydrogen-bond acceptors (Lipinski definition) is 2. The van der Waals surface area contributed by atoms with Crippen LogP contribution in [-0.2, 0) is 6.42 Å².